The first kappa shape index (κ1) is 15.8. The van der Waals surface area contributed by atoms with Crippen LogP contribution in [0, 0.1) is 17.8 Å². The Kier molecular flexibility index (Phi) is 4.84. The van der Waals surface area contributed by atoms with Crippen molar-refractivity contribution in [3.05, 3.63) is 24.3 Å². The predicted molar refractivity (Wildman–Crippen MR) is 86.1 cm³/mol. The summed E-state index contributed by atoms with van der Waals surface area (Å²) in [7, 11) is 1.57. The first-order valence-electron chi connectivity index (χ1n) is 8.23. The maximum Gasteiger partial charge on any atom is 0.306 e. The molecule has 0 heterocycles. The number of amides is 1. The molecule has 5 heteroatoms. The molecule has 0 saturated heterocycles. The lowest BCUT2D eigenvalue weighted by Crippen LogP contribution is -2.23. The lowest BCUT2D eigenvalue weighted by molar-refractivity contribution is -0.148. The number of nitrogens with one attached hydrogen (secondary N) is 1. The topological polar surface area (TPSA) is 64.6 Å². The SMILES string of the molecule is COc1cccc(NC(=O)COC(=O)C[C@H]2C[C@@H]3CC[C@@H]2C3)c1. The number of ether oxygens (including phenoxy) is 2. The molecule has 0 spiro atoms. The maximum absolute atomic E-state index is 11.9. The van der Waals surface area contributed by atoms with Crippen LogP contribution in [0.15, 0.2) is 24.3 Å². The predicted octanol–water partition coefficient (Wildman–Crippen LogP) is 3.00. The van der Waals surface area contributed by atoms with E-state index in [-0.39, 0.29) is 18.5 Å². The van der Waals surface area contributed by atoms with Gasteiger partial charge in [-0.2, -0.15) is 0 Å². The summed E-state index contributed by atoms with van der Waals surface area (Å²) >= 11 is 0. The van der Waals surface area contributed by atoms with E-state index in [1.807, 2.05) is 0 Å². The molecule has 124 valence electrons. The molecule has 0 aliphatic heterocycles. The summed E-state index contributed by atoms with van der Waals surface area (Å²) in [6.07, 6.45) is 5.44. The van der Waals surface area contributed by atoms with Crippen LogP contribution in [0.3, 0.4) is 0 Å². The molecule has 2 bridgehead atoms. The second-order valence-electron chi connectivity index (χ2n) is 6.58. The highest BCUT2D eigenvalue weighted by molar-refractivity contribution is 5.92. The maximum atomic E-state index is 11.9. The van der Waals surface area contributed by atoms with Gasteiger partial charge in [-0.15, -0.1) is 0 Å². The van der Waals surface area contributed by atoms with E-state index in [1.165, 1.54) is 19.3 Å². The number of anilines is 1. The van der Waals surface area contributed by atoms with Crippen LogP contribution < -0.4 is 10.1 Å². The molecule has 2 aliphatic carbocycles. The summed E-state index contributed by atoms with van der Waals surface area (Å²) in [5, 5.41) is 2.70. The largest absolute Gasteiger partial charge is 0.497 e. The van der Waals surface area contributed by atoms with E-state index in [0.717, 1.165) is 12.3 Å². The number of esters is 1. The summed E-state index contributed by atoms with van der Waals surface area (Å²) < 4.78 is 10.2. The second-order valence-corrected chi connectivity index (χ2v) is 6.58. The van der Waals surface area contributed by atoms with Crippen molar-refractivity contribution in [1.82, 2.24) is 0 Å². The third-order valence-electron chi connectivity index (χ3n) is 5.03. The number of rotatable bonds is 6. The highest BCUT2D eigenvalue weighted by Crippen LogP contribution is 2.49. The van der Waals surface area contributed by atoms with Gasteiger partial charge in [0, 0.05) is 18.2 Å². The fraction of sp³-hybridized carbons (Fsp3) is 0.556. The summed E-state index contributed by atoms with van der Waals surface area (Å²) in [4.78, 5) is 23.8. The average Bonchev–Trinajstić information content (AvgIpc) is 3.16. The van der Waals surface area contributed by atoms with E-state index >= 15 is 0 Å². The molecule has 2 fully saturated rings. The van der Waals surface area contributed by atoms with Crippen molar-refractivity contribution in [3.8, 4) is 5.75 Å². The molecule has 3 atom stereocenters. The van der Waals surface area contributed by atoms with Crippen LogP contribution in [0.4, 0.5) is 5.69 Å². The number of hydrogen-bond acceptors (Lipinski definition) is 4. The minimum atomic E-state index is -0.334. The molecular formula is C18H23NO4. The number of benzene rings is 1. The van der Waals surface area contributed by atoms with Crippen molar-refractivity contribution in [2.24, 2.45) is 17.8 Å². The molecule has 1 aromatic carbocycles. The quantitative estimate of drug-likeness (QED) is 0.819. The zero-order chi connectivity index (χ0) is 16.2. The minimum Gasteiger partial charge on any atom is -0.497 e. The van der Waals surface area contributed by atoms with E-state index in [9.17, 15) is 9.59 Å². The molecule has 2 aliphatic rings. The molecule has 1 amide bonds. The molecular weight excluding hydrogens is 294 g/mol. The fourth-order valence-electron chi connectivity index (χ4n) is 3.94. The van der Waals surface area contributed by atoms with E-state index in [4.69, 9.17) is 9.47 Å². The van der Waals surface area contributed by atoms with E-state index in [1.54, 1.807) is 31.4 Å². The zero-order valence-electron chi connectivity index (χ0n) is 13.4. The second kappa shape index (κ2) is 7.02. The Balaban J connectivity index is 1.40. The van der Waals surface area contributed by atoms with Gasteiger partial charge < -0.3 is 14.8 Å². The van der Waals surface area contributed by atoms with Gasteiger partial charge in [-0.25, -0.2) is 0 Å². The lowest BCUT2D eigenvalue weighted by atomic mass is 9.86. The summed E-state index contributed by atoms with van der Waals surface area (Å²) in [6, 6.07) is 7.06. The van der Waals surface area contributed by atoms with E-state index < -0.39 is 0 Å². The van der Waals surface area contributed by atoms with Gasteiger partial charge in [0.1, 0.15) is 5.75 Å². The first-order valence-corrected chi connectivity index (χ1v) is 8.23. The molecule has 1 N–H and O–H groups in total. The number of carbonyl (C=O) groups excluding carboxylic acids is 2. The Hall–Kier alpha value is -2.04. The lowest BCUT2D eigenvalue weighted by Gasteiger charge is -2.20. The average molecular weight is 317 g/mol. The Morgan fingerprint density at radius 2 is 2.13 bits per heavy atom. The van der Waals surface area contributed by atoms with Gasteiger partial charge >= 0.3 is 5.97 Å². The minimum absolute atomic E-state index is 0.239. The van der Waals surface area contributed by atoms with E-state index in [2.05, 4.69) is 5.32 Å². The van der Waals surface area contributed by atoms with Crippen molar-refractivity contribution >= 4 is 17.6 Å². The fourth-order valence-corrected chi connectivity index (χ4v) is 3.94. The van der Waals surface area contributed by atoms with Gasteiger partial charge in [0.25, 0.3) is 5.91 Å². The van der Waals surface area contributed by atoms with Crippen molar-refractivity contribution < 1.29 is 19.1 Å². The van der Waals surface area contributed by atoms with Crippen molar-refractivity contribution in [1.29, 1.82) is 0 Å². The van der Waals surface area contributed by atoms with Crippen LogP contribution in [0.25, 0.3) is 0 Å². The molecule has 3 rings (SSSR count). The number of fused-ring (bicyclic) bond motifs is 2. The molecule has 0 unspecified atom stereocenters. The van der Waals surface area contributed by atoms with Crippen molar-refractivity contribution in [2.75, 3.05) is 19.0 Å². The first-order chi connectivity index (χ1) is 11.1. The van der Waals surface area contributed by atoms with Crippen LogP contribution >= 0.6 is 0 Å². The smallest absolute Gasteiger partial charge is 0.306 e. The third kappa shape index (κ3) is 4.03. The number of hydrogen-bond donors (Lipinski definition) is 1. The molecule has 1 aromatic rings. The van der Waals surface area contributed by atoms with Gasteiger partial charge in [0.05, 0.1) is 7.11 Å². The van der Waals surface area contributed by atoms with Gasteiger partial charge in [-0.3, -0.25) is 9.59 Å². The molecule has 23 heavy (non-hydrogen) atoms. The van der Waals surface area contributed by atoms with Gasteiger partial charge in [0.2, 0.25) is 0 Å². The Morgan fingerprint density at radius 3 is 2.83 bits per heavy atom. The third-order valence-corrected chi connectivity index (χ3v) is 5.03. The number of carbonyl (C=O) groups is 2. The summed E-state index contributed by atoms with van der Waals surface area (Å²) in [6.45, 7) is -0.239. The van der Waals surface area contributed by atoms with Crippen molar-refractivity contribution in [2.45, 2.75) is 32.1 Å². The van der Waals surface area contributed by atoms with Gasteiger partial charge in [-0.05, 0) is 49.1 Å². The van der Waals surface area contributed by atoms with Crippen LogP contribution in [0.5, 0.6) is 5.75 Å². The Bertz CT molecular complexity index is 586. The molecule has 5 nitrogen and oxygen atoms in total. The van der Waals surface area contributed by atoms with Crippen LogP contribution in [-0.2, 0) is 14.3 Å². The zero-order valence-corrected chi connectivity index (χ0v) is 13.4. The normalized spacial score (nSPS) is 25.2. The van der Waals surface area contributed by atoms with Crippen LogP contribution in [0.2, 0.25) is 0 Å². The summed E-state index contributed by atoms with van der Waals surface area (Å²) in [5.41, 5.74) is 0.624. The molecule has 0 radical (unpaired) electrons. The van der Waals surface area contributed by atoms with Crippen molar-refractivity contribution in [3.63, 3.8) is 0 Å². The van der Waals surface area contributed by atoms with Gasteiger partial charge in [-0.1, -0.05) is 12.5 Å². The van der Waals surface area contributed by atoms with Crippen LogP contribution in [0.1, 0.15) is 32.1 Å². The highest BCUT2D eigenvalue weighted by atomic mass is 16.5. The monoisotopic (exact) mass is 317 g/mol. The standard InChI is InChI=1S/C18H23NO4/c1-22-16-4-2-3-15(10-16)19-17(20)11-23-18(21)9-14-8-12-5-6-13(14)7-12/h2-4,10,12-14H,5-9,11H2,1H3,(H,19,20)/t12-,13-,14-/m1/s1. The Morgan fingerprint density at radius 1 is 1.26 bits per heavy atom. The van der Waals surface area contributed by atoms with Gasteiger partial charge in [0.15, 0.2) is 6.61 Å². The molecule has 0 aromatic heterocycles. The highest BCUT2D eigenvalue weighted by Gasteiger charge is 2.40. The summed E-state index contributed by atoms with van der Waals surface area (Å²) in [5.74, 6) is 2.04. The Labute approximate surface area is 136 Å². The van der Waals surface area contributed by atoms with Crippen LogP contribution in [-0.4, -0.2) is 25.6 Å². The molecule has 2 saturated carbocycles. The number of methoxy groups -OCH3 is 1. The van der Waals surface area contributed by atoms with E-state index in [0.29, 0.717) is 29.7 Å².